The molecule has 0 bridgehead atoms. The molecule has 0 aliphatic carbocycles. The first-order valence-electron chi connectivity index (χ1n) is 6.44. The van der Waals surface area contributed by atoms with Crippen LogP contribution < -0.4 is 5.32 Å². The zero-order chi connectivity index (χ0) is 13.1. The molecule has 1 aliphatic heterocycles. The second-order valence-corrected chi connectivity index (χ2v) is 4.94. The van der Waals surface area contributed by atoms with Gasteiger partial charge in [0, 0.05) is 30.8 Å². The second kappa shape index (κ2) is 5.33. The van der Waals surface area contributed by atoms with Crippen LogP contribution in [0.4, 0.5) is 5.82 Å². The van der Waals surface area contributed by atoms with Gasteiger partial charge in [-0.1, -0.05) is 13.8 Å². The summed E-state index contributed by atoms with van der Waals surface area (Å²) in [5.74, 6) is 1.23. The van der Waals surface area contributed by atoms with Crippen molar-refractivity contribution in [3.63, 3.8) is 0 Å². The van der Waals surface area contributed by atoms with Crippen LogP contribution in [0.5, 0.6) is 0 Å². The molecule has 2 rings (SSSR count). The number of aryl methyl sites for hydroxylation is 1. The molecule has 1 amide bonds. The fourth-order valence-electron chi connectivity index (χ4n) is 1.98. The van der Waals surface area contributed by atoms with Gasteiger partial charge in [-0.15, -0.1) is 0 Å². The number of nitrogens with one attached hydrogen (secondary N) is 1. The average molecular weight is 248 g/mol. The lowest BCUT2D eigenvalue weighted by Gasteiger charge is -2.41. The molecule has 98 valence electrons. The summed E-state index contributed by atoms with van der Waals surface area (Å²) in [7, 11) is 0. The van der Waals surface area contributed by atoms with E-state index >= 15 is 0 Å². The molecular weight excluding hydrogens is 228 g/mol. The van der Waals surface area contributed by atoms with Crippen LogP contribution in [0.2, 0.25) is 0 Å². The number of carbonyl (C=O) groups is 1. The highest BCUT2D eigenvalue weighted by atomic mass is 16.2. The molecule has 1 aliphatic rings. The molecule has 2 heterocycles. The van der Waals surface area contributed by atoms with Gasteiger partial charge in [0.15, 0.2) is 0 Å². The largest absolute Gasteiger partial charge is 0.364 e. The topological polar surface area (TPSA) is 58.1 Å². The number of hydrogen-bond donors (Lipinski definition) is 1. The average Bonchev–Trinajstić information content (AvgIpc) is 2.31. The van der Waals surface area contributed by atoms with E-state index < -0.39 is 0 Å². The van der Waals surface area contributed by atoms with Crippen molar-refractivity contribution in [1.82, 2.24) is 14.9 Å². The Morgan fingerprint density at radius 2 is 2.28 bits per heavy atom. The third kappa shape index (κ3) is 2.78. The molecule has 0 aromatic carbocycles. The Hall–Kier alpha value is -1.65. The van der Waals surface area contributed by atoms with Crippen LogP contribution >= 0.6 is 0 Å². The third-order valence-electron chi connectivity index (χ3n) is 3.38. The minimum atomic E-state index is 0.132. The Kier molecular flexibility index (Phi) is 3.79. The van der Waals surface area contributed by atoms with Gasteiger partial charge in [0.05, 0.1) is 6.04 Å². The number of nitrogens with zero attached hydrogens (tertiary/aromatic N) is 3. The minimum absolute atomic E-state index is 0.132. The maximum atomic E-state index is 11.9. The standard InChI is InChI=1S/C13H20N4O/c1-4-9(2)13(18)17-6-11(7-17)16-12-5-10(3)14-8-15-12/h5,8-9,11H,4,6-7H2,1-3H3,(H,14,15,16). The number of aromatic nitrogens is 2. The Labute approximate surface area is 108 Å². The third-order valence-corrected chi connectivity index (χ3v) is 3.38. The van der Waals surface area contributed by atoms with Crippen molar-refractivity contribution >= 4 is 11.7 Å². The lowest BCUT2D eigenvalue weighted by Crippen LogP contribution is -2.58. The Morgan fingerprint density at radius 3 is 2.89 bits per heavy atom. The van der Waals surface area contributed by atoms with Crippen molar-refractivity contribution in [3.05, 3.63) is 18.1 Å². The molecule has 0 spiro atoms. The lowest BCUT2D eigenvalue weighted by atomic mass is 10.0. The zero-order valence-corrected chi connectivity index (χ0v) is 11.2. The molecule has 18 heavy (non-hydrogen) atoms. The monoisotopic (exact) mass is 248 g/mol. The van der Waals surface area contributed by atoms with Crippen LogP contribution in [-0.4, -0.2) is 39.9 Å². The molecule has 1 fully saturated rings. The first kappa shape index (κ1) is 12.8. The first-order valence-corrected chi connectivity index (χ1v) is 6.44. The summed E-state index contributed by atoms with van der Waals surface area (Å²) in [6.07, 6.45) is 2.46. The Morgan fingerprint density at radius 1 is 1.56 bits per heavy atom. The molecule has 1 unspecified atom stereocenters. The van der Waals surface area contributed by atoms with E-state index in [2.05, 4.69) is 15.3 Å². The van der Waals surface area contributed by atoms with Gasteiger partial charge in [-0.25, -0.2) is 9.97 Å². The SMILES string of the molecule is CCC(C)C(=O)N1CC(Nc2cc(C)ncn2)C1. The first-order chi connectivity index (χ1) is 8.60. The highest BCUT2D eigenvalue weighted by molar-refractivity contribution is 5.79. The van der Waals surface area contributed by atoms with Gasteiger partial charge < -0.3 is 10.2 Å². The Balaban J connectivity index is 1.81. The van der Waals surface area contributed by atoms with Gasteiger partial charge in [-0.2, -0.15) is 0 Å². The number of rotatable bonds is 4. The summed E-state index contributed by atoms with van der Waals surface area (Å²) in [5.41, 5.74) is 0.944. The summed E-state index contributed by atoms with van der Waals surface area (Å²) < 4.78 is 0. The van der Waals surface area contributed by atoms with Crippen molar-refractivity contribution in [2.45, 2.75) is 33.2 Å². The summed E-state index contributed by atoms with van der Waals surface area (Å²) >= 11 is 0. The quantitative estimate of drug-likeness (QED) is 0.876. The van der Waals surface area contributed by atoms with Crippen LogP contribution in [0, 0.1) is 12.8 Å². The van der Waals surface area contributed by atoms with Gasteiger partial charge in [0.2, 0.25) is 5.91 Å². The zero-order valence-electron chi connectivity index (χ0n) is 11.2. The molecule has 5 nitrogen and oxygen atoms in total. The van der Waals surface area contributed by atoms with Crippen LogP contribution in [-0.2, 0) is 4.79 Å². The summed E-state index contributed by atoms with van der Waals surface area (Å²) in [6, 6.07) is 2.23. The summed E-state index contributed by atoms with van der Waals surface area (Å²) in [5, 5.41) is 3.32. The second-order valence-electron chi connectivity index (χ2n) is 4.94. The van der Waals surface area contributed by atoms with E-state index in [9.17, 15) is 4.79 Å². The predicted molar refractivity (Wildman–Crippen MR) is 70.2 cm³/mol. The van der Waals surface area contributed by atoms with Crippen LogP contribution in [0.3, 0.4) is 0 Å². The smallest absolute Gasteiger partial charge is 0.225 e. The normalized spacial score (nSPS) is 17.2. The van der Waals surface area contributed by atoms with E-state index in [4.69, 9.17) is 0 Å². The van der Waals surface area contributed by atoms with E-state index in [0.717, 1.165) is 31.0 Å². The van der Waals surface area contributed by atoms with Crippen molar-refractivity contribution < 1.29 is 4.79 Å². The predicted octanol–water partition coefficient (Wildman–Crippen LogP) is 1.45. The maximum Gasteiger partial charge on any atom is 0.225 e. The van der Waals surface area contributed by atoms with Crippen molar-refractivity contribution in [2.75, 3.05) is 18.4 Å². The fraction of sp³-hybridized carbons (Fsp3) is 0.615. The molecule has 1 saturated heterocycles. The molecule has 1 aromatic rings. The number of likely N-dealkylation sites (tertiary alicyclic amines) is 1. The number of hydrogen-bond acceptors (Lipinski definition) is 4. The molecule has 1 aromatic heterocycles. The van der Waals surface area contributed by atoms with E-state index in [1.165, 1.54) is 0 Å². The highest BCUT2D eigenvalue weighted by Crippen LogP contribution is 2.17. The van der Waals surface area contributed by atoms with Gasteiger partial charge >= 0.3 is 0 Å². The van der Waals surface area contributed by atoms with Crippen LogP contribution in [0.1, 0.15) is 26.0 Å². The van der Waals surface area contributed by atoms with Gasteiger partial charge in [-0.3, -0.25) is 4.79 Å². The fourth-order valence-corrected chi connectivity index (χ4v) is 1.98. The van der Waals surface area contributed by atoms with Crippen LogP contribution in [0.25, 0.3) is 0 Å². The molecule has 0 saturated carbocycles. The van der Waals surface area contributed by atoms with E-state index in [-0.39, 0.29) is 11.8 Å². The van der Waals surface area contributed by atoms with Gasteiger partial charge in [0.1, 0.15) is 12.1 Å². The van der Waals surface area contributed by atoms with Crippen molar-refractivity contribution in [1.29, 1.82) is 0 Å². The van der Waals surface area contributed by atoms with E-state index in [1.807, 2.05) is 31.7 Å². The maximum absolute atomic E-state index is 11.9. The van der Waals surface area contributed by atoms with Gasteiger partial charge in [-0.05, 0) is 13.3 Å². The minimum Gasteiger partial charge on any atom is -0.364 e. The summed E-state index contributed by atoms with van der Waals surface area (Å²) in [6.45, 7) is 7.50. The molecule has 5 heteroatoms. The number of anilines is 1. The Bertz CT molecular complexity index is 429. The molecule has 1 N–H and O–H groups in total. The van der Waals surface area contributed by atoms with Gasteiger partial charge in [0.25, 0.3) is 0 Å². The van der Waals surface area contributed by atoms with Crippen molar-refractivity contribution in [3.8, 4) is 0 Å². The number of carbonyl (C=O) groups excluding carboxylic acids is 1. The van der Waals surface area contributed by atoms with E-state index in [0.29, 0.717) is 6.04 Å². The van der Waals surface area contributed by atoms with E-state index in [1.54, 1.807) is 6.33 Å². The van der Waals surface area contributed by atoms with Crippen molar-refractivity contribution in [2.24, 2.45) is 5.92 Å². The molecule has 1 atom stereocenters. The van der Waals surface area contributed by atoms with Crippen LogP contribution in [0.15, 0.2) is 12.4 Å². The summed E-state index contributed by atoms with van der Waals surface area (Å²) in [4.78, 5) is 22.0. The number of amides is 1. The lowest BCUT2D eigenvalue weighted by molar-refractivity contribution is -0.139. The molecular formula is C13H20N4O. The highest BCUT2D eigenvalue weighted by Gasteiger charge is 2.32. The molecule has 0 radical (unpaired) electrons.